The summed E-state index contributed by atoms with van der Waals surface area (Å²) in [5.41, 5.74) is 6.32. The number of anilines is 1. The molecular formula is C26H22F3N7O3S. The maximum absolute atomic E-state index is 13.7. The highest BCUT2D eigenvalue weighted by molar-refractivity contribution is 7.21. The number of ether oxygens (including phenoxy) is 1. The van der Waals surface area contributed by atoms with Gasteiger partial charge >= 0.3 is 6.18 Å². The molecule has 0 atom stereocenters. The van der Waals surface area contributed by atoms with E-state index >= 15 is 0 Å². The van der Waals surface area contributed by atoms with Crippen LogP contribution >= 0.6 is 11.3 Å². The van der Waals surface area contributed by atoms with Crippen LogP contribution in [-0.2, 0) is 20.0 Å². The highest BCUT2D eigenvalue weighted by Gasteiger charge is 2.35. The highest BCUT2D eigenvalue weighted by Crippen LogP contribution is 2.44. The van der Waals surface area contributed by atoms with E-state index in [2.05, 4.69) is 20.5 Å². The molecule has 4 aromatic heterocycles. The molecule has 4 heterocycles. The zero-order valence-electron chi connectivity index (χ0n) is 21.4. The molecule has 0 spiro atoms. The third-order valence-corrected chi connectivity index (χ3v) is 7.36. The van der Waals surface area contributed by atoms with Crippen molar-refractivity contribution in [3.63, 3.8) is 0 Å². The first kappa shape index (κ1) is 26.9. The number of nitrogens with one attached hydrogen (secondary N) is 1. The smallest absolute Gasteiger partial charge is 0.433 e. The quantitative estimate of drug-likeness (QED) is 0.286. The van der Waals surface area contributed by atoms with Gasteiger partial charge in [-0.15, -0.1) is 11.3 Å². The standard InChI is InChI=1S/C26H22F3N7O3S/c1-13-6-4-5-7-18(13)39-12-36-9-8-17(34-36)24(38)33-21-20-15(16-11-31-35(3)14(16)2)10-19(26(27,28)29)32-25(20)40-22(21)23(30)37/h4-11H,12H2,1-3H3,(H2,30,37)(H,33,38). The van der Waals surface area contributed by atoms with Crippen LogP contribution in [0.1, 0.15) is 37.1 Å². The molecule has 1 aromatic carbocycles. The molecule has 0 saturated heterocycles. The number of thiophene rings is 1. The minimum absolute atomic E-state index is 0.0119. The SMILES string of the molecule is Cc1ccccc1OCn1ccc(C(=O)Nc2c(C(N)=O)sc3nc(C(F)(F)F)cc(-c4cnn(C)c4C)c23)n1. The van der Waals surface area contributed by atoms with E-state index in [0.717, 1.165) is 11.6 Å². The molecule has 14 heteroatoms. The molecule has 10 nitrogen and oxygen atoms in total. The summed E-state index contributed by atoms with van der Waals surface area (Å²) in [5, 5.41) is 11.1. The second-order valence-electron chi connectivity index (χ2n) is 8.90. The lowest BCUT2D eigenvalue weighted by molar-refractivity contribution is -0.140. The number of pyridine rings is 1. The number of nitrogens with zero attached hydrogens (tertiary/aromatic N) is 5. The normalized spacial score (nSPS) is 11.7. The summed E-state index contributed by atoms with van der Waals surface area (Å²) in [7, 11) is 1.65. The maximum atomic E-state index is 13.7. The van der Waals surface area contributed by atoms with E-state index in [4.69, 9.17) is 10.5 Å². The summed E-state index contributed by atoms with van der Waals surface area (Å²) >= 11 is 0.660. The Balaban J connectivity index is 1.54. The van der Waals surface area contributed by atoms with Crippen LogP contribution in [-0.4, -0.2) is 36.4 Å². The molecular weight excluding hydrogens is 547 g/mol. The zero-order valence-corrected chi connectivity index (χ0v) is 22.2. The largest absolute Gasteiger partial charge is 0.471 e. The van der Waals surface area contributed by atoms with Gasteiger partial charge in [-0.2, -0.15) is 23.4 Å². The predicted octanol–water partition coefficient (Wildman–Crippen LogP) is 4.92. The van der Waals surface area contributed by atoms with E-state index in [1.807, 2.05) is 25.1 Å². The molecule has 3 N–H and O–H groups in total. The lowest BCUT2D eigenvalue weighted by atomic mass is 10.0. The number of fused-ring (bicyclic) bond motifs is 1. The number of aryl methyl sites for hydroxylation is 2. The molecule has 0 bridgehead atoms. The van der Waals surface area contributed by atoms with Gasteiger partial charge in [-0.3, -0.25) is 14.3 Å². The minimum Gasteiger partial charge on any atom is -0.471 e. The van der Waals surface area contributed by atoms with Crippen LogP contribution in [0.2, 0.25) is 0 Å². The fraction of sp³-hybridized carbons (Fsp3) is 0.192. The first-order valence-corrected chi connectivity index (χ1v) is 12.6. The van der Waals surface area contributed by atoms with E-state index in [0.29, 0.717) is 28.3 Å². The van der Waals surface area contributed by atoms with Crippen molar-refractivity contribution in [2.24, 2.45) is 12.8 Å². The average molecular weight is 570 g/mol. The van der Waals surface area contributed by atoms with Gasteiger partial charge in [-0.1, -0.05) is 18.2 Å². The number of halogens is 3. The number of nitrogens with two attached hydrogens (primary N) is 1. The number of carbonyl (C=O) groups excluding carboxylic acids is 2. The van der Waals surface area contributed by atoms with Crippen molar-refractivity contribution in [3.8, 4) is 16.9 Å². The molecule has 0 saturated carbocycles. The van der Waals surface area contributed by atoms with Crippen molar-refractivity contribution >= 4 is 39.1 Å². The molecule has 0 aliphatic heterocycles. The molecule has 5 rings (SSSR count). The lowest BCUT2D eigenvalue weighted by Gasteiger charge is -2.12. The molecule has 0 radical (unpaired) electrons. The van der Waals surface area contributed by atoms with Crippen molar-refractivity contribution in [1.82, 2.24) is 24.5 Å². The Labute approximate surface area is 229 Å². The summed E-state index contributed by atoms with van der Waals surface area (Å²) in [5.74, 6) is -0.979. The maximum Gasteiger partial charge on any atom is 0.433 e. The summed E-state index contributed by atoms with van der Waals surface area (Å²) < 4.78 is 49.9. The van der Waals surface area contributed by atoms with Gasteiger partial charge in [0.25, 0.3) is 11.8 Å². The fourth-order valence-electron chi connectivity index (χ4n) is 4.10. The van der Waals surface area contributed by atoms with E-state index in [1.54, 1.807) is 20.0 Å². The molecule has 5 aromatic rings. The molecule has 0 aliphatic carbocycles. The predicted molar refractivity (Wildman–Crippen MR) is 142 cm³/mol. The van der Waals surface area contributed by atoms with Gasteiger partial charge in [0.15, 0.2) is 12.4 Å². The topological polar surface area (TPSA) is 130 Å². The summed E-state index contributed by atoms with van der Waals surface area (Å²) in [6.45, 7) is 3.61. The Kier molecular flexibility index (Phi) is 6.79. The Morgan fingerprint density at radius 3 is 2.55 bits per heavy atom. The van der Waals surface area contributed by atoms with Gasteiger partial charge < -0.3 is 15.8 Å². The number of rotatable bonds is 7. The number of hydrogen-bond acceptors (Lipinski definition) is 7. The van der Waals surface area contributed by atoms with Gasteiger partial charge in [-0.05, 0) is 43.2 Å². The van der Waals surface area contributed by atoms with Crippen LogP contribution in [0.4, 0.5) is 18.9 Å². The number of benzene rings is 1. The summed E-state index contributed by atoms with van der Waals surface area (Å²) in [6, 6.07) is 9.73. The number of carbonyl (C=O) groups is 2. The van der Waals surface area contributed by atoms with Gasteiger partial charge in [0.2, 0.25) is 0 Å². The minimum atomic E-state index is -4.76. The van der Waals surface area contributed by atoms with E-state index in [-0.39, 0.29) is 38.8 Å². The van der Waals surface area contributed by atoms with Crippen molar-refractivity contribution in [2.45, 2.75) is 26.8 Å². The van der Waals surface area contributed by atoms with Crippen LogP contribution in [0.25, 0.3) is 21.3 Å². The number of para-hydroxylation sites is 1. The monoisotopic (exact) mass is 569 g/mol. The van der Waals surface area contributed by atoms with Gasteiger partial charge in [0.05, 0.1) is 11.9 Å². The van der Waals surface area contributed by atoms with Crippen LogP contribution in [0.5, 0.6) is 5.75 Å². The van der Waals surface area contributed by atoms with Crippen molar-refractivity contribution in [2.75, 3.05) is 5.32 Å². The van der Waals surface area contributed by atoms with E-state index < -0.39 is 23.7 Å². The van der Waals surface area contributed by atoms with E-state index in [1.165, 1.54) is 27.8 Å². The molecule has 0 unspecified atom stereocenters. The average Bonchev–Trinajstić information content (AvgIpc) is 3.61. The van der Waals surface area contributed by atoms with Gasteiger partial charge in [0.1, 0.15) is 21.2 Å². The first-order chi connectivity index (χ1) is 18.9. The first-order valence-electron chi connectivity index (χ1n) is 11.8. The third kappa shape index (κ3) is 5.00. The molecule has 0 fully saturated rings. The summed E-state index contributed by atoms with van der Waals surface area (Å²) in [6.07, 6.45) is -1.81. The molecule has 2 amide bonds. The second kappa shape index (κ2) is 10.1. The Morgan fingerprint density at radius 1 is 1.15 bits per heavy atom. The van der Waals surface area contributed by atoms with Gasteiger partial charge in [-0.25, -0.2) is 9.67 Å². The van der Waals surface area contributed by atoms with Gasteiger partial charge in [0, 0.05) is 29.9 Å². The molecule has 40 heavy (non-hydrogen) atoms. The zero-order chi connectivity index (χ0) is 28.8. The number of aromatic nitrogens is 5. The lowest BCUT2D eigenvalue weighted by Crippen LogP contribution is -2.18. The Morgan fingerprint density at radius 2 is 1.90 bits per heavy atom. The summed E-state index contributed by atoms with van der Waals surface area (Å²) in [4.78, 5) is 29.0. The third-order valence-electron chi connectivity index (χ3n) is 6.26. The van der Waals surface area contributed by atoms with Crippen LogP contribution < -0.4 is 15.8 Å². The highest BCUT2D eigenvalue weighted by atomic mass is 32.1. The Bertz CT molecular complexity index is 1770. The molecule has 206 valence electrons. The number of amides is 2. The van der Waals surface area contributed by atoms with Crippen molar-refractivity contribution in [3.05, 3.63) is 76.3 Å². The Hall–Kier alpha value is -4.72. The molecule has 0 aliphatic rings. The van der Waals surface area contributed by atoms with Crippen LogP contribution in [0.15, 0.2) is 48.8 Å². The van der Waals surface area contributed by atoms with Crippen molar-refractivity contribution < 1.29 is 27.5 Å². The van der Waals surface area contributed by atoms with E-state index in [9.17, 15) is 22.8 Å². The number of hydrogen-bond donors (Lipinski definition) is 2. The van der Waals surface area contributed by atoms with Crippen molar-refractivity contribution in [1.29, 1.82) is 0 Å². The number of primary amides is 1. The second-order valence-corrected chi connectivity index (χ2v) is 9.90. The number of alkyl halides is 3. The van der Waals surface area contributed by atoms with Crippen LogP contribution in [0.3, 0.4) is 0 Å². The fourth-order valence-corrected chi connectivity index (χ4v) is 5.11. The van der Waals surface area contributed by atoms with Crippen LogP contribution in [0, 0.1) is 13.8 Å².